The van der Waals surface area contributed by atoms with Gasteiger partial charge in [-0.3, -0.25) is 0 Å². The van der Waals surface area contributed by atoms with Crippen LogP contribution in [0.15, 0.2) is 11.8 Å². The summed E-state index contributed by atoms with van der Waals surface area (Å²) in [5.74, 6) is 0.760. The highest BCUT2D eigenvalue weighted by atomic mass is 15.1. The number of allylic oxidation sites excluding steroid dienone is 2. The van der Waals surface area contributed by atoms with E-state index in [2.05, 4.69) is 45.7 Å². The maximum Gasteiger partial charge on any atom is 0.0169 e. The third-order valence-electron chi connectivity index (χ3n) is 2.00. The van der Waals surface area contributed by atoms with Crippen molar-refractivity contribution in [1.82, 2.24) is 4.90 Å². The molecule has 72 valence electrons. The average molecular weight is 169 g/mol. The Labute approximate surface area is 77.5 Å². The molecule has 1 nitrogen and oxygen atoms in total. The summed E-state index contributed by atoms with van der Waals surface area (Å²) in [4.78, 5) is 2.36. The number of hydrogen-bond acceptors (Lipinski definition) is 1. The van der Waals surface area contributed by atoms with Crippen molar-refractivity contribution in [2.75, 3.05) is 13.6 Å². The topological polar surface area (TPSA) is 3.24 Å². The first-order valence-electron chi connectivity index (χ1n) is 4.98. The molecule has 0 aromatic heterocycles. The molecule has 0 radical (unpaired) electrons. The van der Waals surface area contributed by atoms with Crippen LogP contribution in [0.2, 0.25) is 0 Å². The van der Waals surface area contributed by atoms with Gasteiger partial charge in [-0.2, -0.15) is 0 Å². The highest BCUT2D eigenvalue weighted by molar-refractivity contribution is 4.98. The van der Waals surface area contributed by atoms with Gasteiger partial charge in [-0.25, -0.2) is 0 Å². The fraction of sp³-hybridized carbons (Fsp3) is 0.818. The molecule has 0 fully saturated rings. The Hall–Kier alpha value is -0.460. The van der Waals surface area contributed by atoms with Crippen LogP contribution in [0.3, 0.4) is 0 Å². The lowest BCUT2D eigenvalue weighted by Gasteiger charge is -2.23. The summed E-state index contributed by atoms with van der Waals surface area (Å²) in [6.45, 7) is 10.1. The molecule has 1 heteroatoms. The SMILES string of the molecule is CC=C(CC(C)C)N(C)CCC. The second kappa shape index (κ2) is 6.10. The predicted molar refractivity (Wildman–Crippen MR) is 56.1 cm³/mol. The van der Waals surface area contributed by atoms with Crippen LogP contribution >= 0.6 is 0 Å². The zero-order valence-corrected chi connectivity index (χ0v) is 9.22. The molecule has 0 aliphatic rings. The predicted octanol–water partition coefficient (Wildman–Crippen LogP) is 3.28. The van der Waals surface area contributed by atoms with Crippen molar-refractivity contribution < 1.29 is 0 Å². The number of nitrogens with zero attached hydrogens (tertiary/aromatic N) is 1. The maximum atomic E-state index is 2.36. The third-order valence-corrected chi connectivity index (χ3v) is 2.00. The van der Waals surface area contributed by atoms with Crippen LogP contribution in [0.5, 0.6) is 0 Å². The molecule has 0 rings (SSSR count). The van der Waals surface area contributed by atoms with Crippen LogP contribution in [0.4, 0.5) is 0 Å². The molecule has 0 bridgehead atoms. The van der Waals surface area contributed by atoms with E-state index in [0.717, 1.165) is 5.92 Å². The molecular formula is C11H23N. The minimum atomic E-state index is 0.760. The lowest BCUT2D eigenvalue weighted by Crippen LogP contribution is -2.19. The van der Waals surface area contributed by atoms with Gasteiger partial charge in [0, 0.05) is 19.3 Å². The van der Waals surface area contributed by atoms with Crippen molar-refractivity contribution in [3.63, 3.8) is 0 Å². The highest BCUT2D eigenvalue weighted by Gasteiger charge is 2.04. The lowest BCUT2D eigenvalue weighted by atomic mass is 10.1. The highest BCUT2D eigenvalue weighted by Crippen LogP contribution is 2.13. The molecule has 0 heterocycles. The molecule has 0 atom stereocenters. The van der Waals surface area contributed by atoms with Crippen LogP contribution in [0, 0.1) is 5.92 Å². The van der Waals surface area contributed by atoms with Crippen LogP contribution in [-0.2, 0) is 0 Å². The van der Waals surface area contributed by atoms with E-state index in [4.69, 9.17) is 0 Å². The van der Waals surface area contributed by atoms with Gasteiger partial charge in [-0.1, -0.05) is 26.8 Å². The van der Waals surface area contributed by atoms with Gasteiger partial charge in [0.05, 0.1) is 0 Å². The summed E-state index contributed by atoms with van der Waals surface area (Å²) in [7, 11) is 2.18. The van der Waals surface area contributed by atoms with Crippen LogP contribution < -0.4 is 0 Å². The van der Waals surface area contributed by atoms with Crippen molar-refractivity contribution in [1.29, 1.82) is 0 Å². The Morgan fingerprint density at radius 3 is 2.33 bits per heavy atom. The van der Waals surface area contributed by atoms with Gasteiger partial charge in [-0.05, 0) is 25.7 Å². The van der Waals surface area contributed by atoms with Crippen molar-refractivity contribution >= 4 is 0 Å². The molecular weight excluding hydrogens is 146 g/mol. The first-order valence-corrected chi connectivity index (χ1v) is 4.98. The van der Waals surface area contributed by atoms with E-state index in [-0.39, 0.29) is 0 Å². The smallest absolute Gasteiger partial charge is 0.0169 e. The minimum Gasteiger partial charge on any atom is -0.378 e. The second-order valence-electron chi connectivity index (χ2n) is 3.80. The molecule has 0 N–H and O–H groups in total. The molecule has 0 aliphatic carbocycles. The number of hydrogen-bond donors (Lipinski definition) is 0. The lowest BCUT2D eigenvalue weighted by molar-refractivity contribution is 0.382. The van der Waals surface area contributed by atoms with Gasteiger partial charge in [0.15, 0.2) is 0 Å². The summed E-state index contributed by atoms with van der Waals surface area (Å²) in [6, 6.07) is 0. The van der Waals surface area contributed by atoms with E-state index in [1.165, 1.54) is 25.1 Å². The summed E-state index contributed by atoms with van der Waals surface area (Å²) in [5.41, 5.74) is 1.48. The van der Waals surface area contributed by atoms with Crippen molar-refractivity contribution in [3.05, 3.63) is 11.8 Å². The fourth-order valence-corrected chi connectivity index (χ4v) is 1.39. The third kappa shape index (κ3) is 4.42. The van der Waals surface area contributed by atoms with E-state index >= 15 is 0 Å². The summed E-state index contributed by atoms with van der Waals surface area (Å²) >= 11 is 0. The summed E-state index contributed by atoms with van der Waals surface area (Å²) < 4.78 is 0. The first kappa shape index (κ1) is 11.5. The Balaban J connectivity index is 3.98. The first-order chi connectivity index (χ1) is 5.61. The fourth-order valence-electron chi connectivity index (χ4n) is 1.39. The van der Waals surface area contributed by atoms with Crippen molar-refractivity contribution in [2.24, 2.45) is 5.92 Å². The van der Waals surface area contributed by atoms with Gasteiger partial charge >= 0.3 is 0 Å². The van der Waals surface area contributed by atoms with Crippen molar-refractivity contribution in [3.8, 4) is 0 Å². The van der Waals surface area contributed by atoms with Gasteiger partial charge in [0.1, 0.15) is 0 Å². The summed E-state index contributed by atoms with van der Waals surface area (Å²) in [6.07, 6.45) is 4.66. The van der Waals surface area contributed by atoms with E-state index in [9.17, 15) is 0 Å². The molecule has 0 aromatic rings. The van der Waals surface area contributed by atoms with E-state index in [0.29, 0.717) is 0 Å². The molecule has 0 spiro atoms. The normalized spacial score (nSPS) is 12.3. The van der Waals surface area contributed by atoms with Gasteiger partial charge in [-0.15, -0.1) is 0 Å². The van der Waals surface area contributed by atoms with Gasteiger partial charge < -0.3 is 4.90 Å². The van der Waals surface area contributed by atoms with Crippen molar-refractivity contribution in [2.45, 2.75) is 40.5 Å². The molecule has 12 heavy (non-hydrogen) atoms. The van der Waals surface area contributed by atoms with E-state index in [1.807, 2.05) is 0 Å². The Kier molecular flexibility index (Phi) is 5.87. The van der Waals surface area contributed by atoms with Gasteiger partial charge in [0.2, 0.25) is 0 Å². The largest absolute Gasteiger partial charge is 0.378 e. The quantitative estimate of drug-likeness (QED) is 0.610. The average Bonchev–Trinajstić information content (AvgIpc) is 2.00. The van der Waals surface area contributed by atoms with Crippen LogP contribution in [0.25, 0.3) is 0 Å². The molecule has 0 aromatic carbocycles. The Bertz CT molecular complexity index is 136. The monoisotopic (exact) mass is 169 g/mol. The van der Waals surface area contributed by atoms with Gasteiger partial charge in [0.25, 0.3) is 0 Å². The summed E-state index contributed by atoms with van der Waals surface area (Å²) in [5, 5.41) is 0. The second-order valence-corrected chi connectivity index (χ2v) is 3.80. The Morgan fingerprint density at radius 1 is 1.42 bits per heavy atom. The number of rotatable bonds is 5. The van der Waals surface area contributed by atoms with E-state index < -0.39 is 0 Å². The zero-order valence-electron chi connectivity index (χ0n) is 9.22. The maximum absolute atomic E-state index is 2.36. The molecule has 0 aliphatic heterocycles. The molecule has 0 saturated carbocycles. The van der Waals surface area contributed by atoms with Crippen LogP contribution in [0.1, 0.15) is 40.5 Å². The standard InChI is InChI=1S/C11H23N/c1-6-8-12(5)11(7-2)9-10(3)4/h7,10H,6,8-9H2,1-5H3. The molecule has 0 amide bonds. The van der Waals surface area contributed by atoms with Crippen LogP contribution in [-0.4, -0.2) is 18.5 Å². The minimum absolute atomic E-state index is 0.760. The van der Waals surface area contributed by atoms with E-state index in [1.54, 1.807) is 0 Å². The molecule has 0 unspecified atom stereocenters. The Morgan fingerprint density at radius 2 is 2.00 bits per heavy atom. The zero-order chi connectivity index (χ0) is 9.56. The molecule has 0 saturated heterocycles.